The summed E-state index contributed by atoms with van der Waals surface area (Å²) in [5.74, 6) is -3.49. The normalized spacial score (nSPS) is 14.7. The Balaban J connectivity index is 2.14. The van der Waals surface area contributed by atoms with Gasteiger partial charge < -0.3 is 48.2 Å². The van der Waals surface area contributed by atoms with E-state index in [1.165, 1.54) is 25.0 Å². The SMILES string of the molecule is CCC(C)C(NC(=O)C(N)CCCN=C(N)N)C(=O)NC(Cc1cnc[nH]1)C(=O)NC(Cc1cnc[nH]1)C(=O)O. The van der Waals surface area contributed by atoms with Crippen LogP contribution in [0.15, 0.2) is 30.0 Å². The smallest absolute Gasteiger partial charge is 0.326 e. The molecular formula is C24H39N11O5. The van der Waals surface area contributed by atoms with Gasteiger partial charge in [0.1, 0.15) is 18.1 Å². The number of imidazole rings is 2. The molecule has 12 N–H and O–H groups in total. The number of carboxylic acid groups (broad SMARTS) is 1. The highest BCUT2D eigenvalue weighted by molar-refractivity contribution is 5.94. The first-order valence-corrected chi connectivity index (χ1v) is 12.9. The molecule has 0 saturated carbocycles. The Bertz CT molecular complexity index is 1120. The van der Waals surface area contributed by atoms with E-state index in [1.807, 2.05) is 6.92 Å². The van der Waals surface area contributed by atoms with Gasteiger partial charge >= 0.3 is 5.97 Å². The zero-order valence-corrected chi connectivity index (χ0v) is 22.6. The molecule has 5 unspecified atom stereocenters. The van der Waals surface area contributed by atoms with E-state index in [-0.39, 0.29) is 31.1 Å². The van der Waals surface area contributed by atoms with Crippen molar-refractivity contribution in [3.8, 4) is 0 Å². The summed E-state index contributed by atoms with van der Waals surface area (Å²) < 4.78 is 0. The molecule has 0 fully saturated rings. The van der Waals surface area contributed by atoms with Gasteiger partial charge in [0, 0.05) is 43.2 Å². The first kappa shape index (κ1) is 31.7. The fourth-order valence-corrected chi connectivity index (χ4v) is 3.79. The van der Waals surface area contributed by atoms with Crippen molar-refractivity contribution in [1.82, 2.24) is 35.9 Å². The van der Waals surface area contributed by atoms with Crippen LogP contribution in [0.2, 0.25) is 0 Å². The number of aliphatic imine (C=N–C) groups is 1. The fourth-order valence-electron chi connectivity index (χ4n) is 3.79. The van der Waals surface area contributed by atoms with Crippen molar-refractivity contribution in [1.29, 1.82) is 0 Å². The molecule has 0 aromatic carbocycles. The molecule has 16 nitrogen and oxygen atoms in total. The highest BCUT2D eigenvalue weighted by Gasteiger charge is 2.33. The monoisotopic (exact) mass is 561 g/mol. The summed E-state index contributed by atoms with van der Waals surface area (Å²) in [7, 11) is 0. The van der Waals surface area contributed by atoms with Crippen LogP contribution in [0, 0.1) is 5.92 Å². The lowest BCUT2D eigenvalue weighted by Crippen LogP contribution is -2.59. The van der Waals surface area contributed by atoms with Crippen molar-refractivity contribution in [2.24, 2.45) is 28.1 Å². The van der Waals surface area contributed by atoms with Gasteiger partial charge in [-0.05, 0) is 18.8 Å². The summed E-state index contributed by atoms with van der Waals surface area (Å²) in [6.45, 7) is 3.94. The lowest BCUT2D eigenvalue weighted by Gasteiger charge is -2.28. The molecule has 0 aliphatic carbocycles. The van der Waals surface area contributed by atoms with Crippen LogP contribution in [0.5, 0.6) is 0 Å². The average molecular weight is 562 g/mol. The number of nitrogens with one attached hydrogen (secondary N) is 5. The molecule has 2 aromatic rings. The van der Waals surface area contributed by atoms with Gasteiger partial charge in [-0.25, -0.2) is 14.8 Å². The van der Waals surface area contributed by atoms with Crippen LogP contribution in [-0.2, 0) is 32.0 Å². The van der Waals surface area contributed by atoms with E-state index in [9.17, 15) is 24.3 Å². The number of nitrogens with two attached hydrogens (primary N) is 3. The minimum Gasteiger partial charge on any atom is -0.480 e. The van der Waals surface area contributed by atoms with Gasteiger partial charge in [0.25, 0.3) is 0 Å². The number of guanidine groups is 1. The molecule has 0 aliphatic heterocycles. The van der Waals surface area contributed by atoms with Gasteiger partial charge in [0.2, 0.25) is 17.7 Å². The number of rotatable bonds is 17. The van der Waals surface area contributed by atoms with E-state index in [0.29, 0.717) is 30.8 Å². The van der Waals surface area contributed by atoms with E-state index in [2.05, 4.69) is 40.9 Å². The maximum absolute atomic E-state index is 13.4. The molecule has 5 atom stereocenters. The van der Waals surface area contributed by atoms with Gasteiger partial charge in [-0.1, -0.05) is 20.3 Å². The maximum atomic E-state index is 13.4. The second-order valence-corrected chi connectivity index (χ2v) is 9.45. The number of carbonyl (C=O) groups excluding carboxylic acids is 3. The second kappa shape index (κ2) is 15.8. The molecule has 40 heavy (non-hydrogen) atoms. The topological polar surface area (TPSA) is 272 Å². The zero-order chi connectivity index (χ0) is 29.7. The number of nitrogens with zero attached hydrogens (tertiary/aromatic N) is 3. The Morgan fingerprint density at radius 2 is 1.52 bits per heavy atom. The molecule has 16 heteroatoms. The van der Waals surface area contributed by atoms with Crippen LogP contribution in [0.4, 0.5) is 0 Å². The molecule has 0 radical (unpaired) electrons. The van der Waals surface area contributed by atoms with E-state index in [4.69, 9.17) is 17.2 Å². The maximum Gasteiger partial charge on any atom is 0.326 e. The highest BCUT2D eigenvalue weighted by Crippen LogP contribution is 2.11. The second-order valence-electron chi connectivity index (χ2n) is 9.45. The average Bonchev–Trinajstić information content (AvgIpc) is 3.62. The van der Waals surface area contributed by atoms with Gasteiger partial charge in [-0.3, -0.25) is 19.4 Å². The van der Waals surface area contributed by atoms with Crippen LogP contribution in [-0.4, -0.2) is 85.4 Å². The van der Waals surface area contributed by atoms with Gasteiger partial charge in [0.15, 0.2) is 5.96 Å². The van der Waals surface area contributed by atoms with Gasteiger partial charge in [0.05, 0.1) is 18.7 Å². The minimum absolute atomic E-state index is 0.000548. The van der Waals surface area contributed by atoms with Gasteiger partial charge in [-0.2, -0.15) is 0 Å². The Labute approximate surface area is 231 Å². The van der Waals surface area contributed by atoms with Crippen molar-refractivity contribution >= 4 is 29.7 Å². The number of aromatic amines is 2. The number of hydrogen-bond donors (Lipinski definition) is 9. The van der Waals surface area contributed by atoms with Crippen molar-refractivity contribution < 1.29 is 24.3 Å². The molecule has 0 bridgehead atoms. The first-order valence-electron chi connectivity index (χ1n) is 12.9. The van der Waals surface area contributed by atoms with Crippen molar-refractivity contribution in [3.63, 3.8) is 0 Å². The number of carboxylic acids is 1. The van der Waals surface area contributed by atoms with Crippen LogP contribution in [0.3, 0.4) is 0 Å². The molecule has 0 saturated heterocycles. The molecular weight excluding hydrogens is 522 g/mol. The van der Waals surface area contributed by atoms with Crippen LogP contribution in [0.25, 0.3) is 0 Å². The third-order valence-electron chi connectivity index (χ3n) is 6.30. The van der Waals surface area contributed by atoms with Gasteiger partial charge in [-0.15, -0.1) is 0 Å². The molecule has 2 rings (SSSR count). The lowest BCUT2D eigenvalue weighted by atomic mass is 9.96. The Morgan fingerprint density at radius 1 is 0.950 bits per heavy atom. The van der Waals surface area contributed by atoms with E-state index < -0.39 is 47.9 Å². The first-order chi connectivity index (χ1) is 19.0. The number of carbonyl (C=O) groups is 4. The third kappa shape index (κ3) is 10.4. The molecule has 2 heterocycles. The van der Waals surface area contributed by atoms with Crippen LogP contribution >= 0.6 is 0 Å². The van der Waals surface area contributed by atoms with Crippen molar-refractivity contribution in [2.75, 3.05) is 6.54 Å². The molecule has 220 valence electrons. The van der Waals surface area contributed by atoms with E-state index >= 15 is 0 Å². The predicted octanol–water partition coefficient (Wildman–Crippen LogP) is -2.12. The minimum atomic E-state index is -1.28. The zero-order valence-electron chi connectivity index (χ0n) is 22.6. The van der Waals surface area contributed by atoms with Crippen LogP contribution < -0.4 is 33.2 Å². The number of amides is 3. The van der Waals surface area contributed by atoms with Crippen LogP contribution in [0.1, 0.15) is 44.5 Å². The van der Waals surface area contributed by atoms with E-state index in [0.717, 1.165) is 0 Å². The number of aliphatic carboxylic acids is 1. The summed E-state index contributed by atoms with van der Waals surface area (Å²) in [6, 6.07) is -4.36. The van der Waals surface area contributed by atoms with Crippen molar-refractivity contribution in [3.05, 3.63) is 36.4 Å². The van der Waals surface area contributed by atoms with Crippen molar-refractivity contribution in [2.45, 2.75) is 70.1 Å². The lowest BCUT2D eigenvalue weighted by molar-refractivity contribution is -0.142. The Hall–Kier alpha value is -4.47. The molecule has 2 aromatic heterocycles. The number of aromatic nitrogens is 4. The number of hydrogen-bond acceptors (Lipinski definition) is 8. The molecule has 3 amide bonds. The summed E-state index contributed by atoms with van der Waals surface area (Å²) in [5.41, 5.74) is 17.7. The summed E-state index contributed by atoms with van der Waals surface area (Å²) in [5, 5.41) is 17.5. The summed E-state index contributed by atoms with van der Waals surface area (Å²) in [4.78, 5) is 68.6. The number of H-pyrrole nitrogens is 2. The standard InChI is InChI=1S/C24H39N11O5/c1-3-13(2)19(35-20(36)16(25)5-4-6-30-24(26)27)22(38)33-17(7-14-9-28-11-31-14)21(37)34-18(23(39)40)8-15-10-29-12-32-15/h9-13,16-19H,3-8,25H2,1-2H3,(H,28,31)(H,29,32)(H,33,38)(H,34,37)(H,35,36)(H,39,40)(H4,26,27,30). The summed E-state index contributed by atoms with van der Waals surface area (Å²) in [6.07, 6.45) is 7.01. The Kier molecular flexibility index (Phi) is 12.6. The predicted molar refractivity (Wildman–Crippen MR) is 145 cm³/mol. The Morgan fingerprint density at radius 3 is 2.02 bits per heavy atom. The molecule has 0 aliphatic rings. The largest absolute Gasteiger partial charge is 0.480 e. The quantitative estimate of drug-likeness (QED) is 0.0575. The molecule has 0 spiro atoms. The highest BCUT2D eigenvalue weighted by atomic mass is 16.4. The van der Waals surface area contributed by atoms with E-state index in [1.54, 1.807) is 6.92 Å². The summed E-state index contributed by atoms with van der Waals surface area (Å²) >= 11 is 0. The fraction of sp³-hybridized carbons (Fsp3) is 0.542. The third-order valence-corrected chi connectivity index (χ3v) is 6.30.